The molecule has 9 heteroatoms. The zero-order valence-electron chi connectivity index (χ0n) is 22.4. The Balaban J connectivity index is 2.03. The summed E-state index contributed by atoms with van der Waals surface area (Å²) in [5, 5.41) is 0.221. The largest absolute Gasteiger partial charge is 0.462 e. The second-order valence-corrected chi connectivity index (χ2v) is 9.33. The van der Waals surface area contributed by atoms with Crippen LogP contribution in [0.25, 0.3) is 16.7 Å². The number of nitrogens with zero attached hydrogens (tertiary/aromatic N) is 4. The van der Waals surface area contributed by atoms with Crippen molar-refractivity contribution in [2.75, 3.05) is 13.2 Å². The molecule has 1 amide bonds. The van der Waals surface area contributed by atoms with Crippen molar-refractivity contribution in [3.8, 4) is 0 Å². The predicted octanol–water partition coefficient (Wildman–Crippen LogP) is 4.00. The standard InChI is InChI=1S/C29H32N4O5/c1-6-37-29(36)23-17-22-25(30-24-10-7-8-13-32(24)28(22)35)33(14-9-15-38-18(2)3)26(23)31-27(34)21-12-11-19(4)20(5)16-21/h7-8,10-13,16-18H,6,9,14-15H2,1-5H3. The summed E-state index contributed by atoms with van der Waals surface area (Å²) in [7, 11) is 0. The lowest BCUT2D eigenvalue weighted by atomic mass is 10.1. The molecule has 9 nitrogen and oxygen atoms in total. The fraction of sp³-hybridized carbons (Fsp3) is 0.345. The normalized spacial score (nSPS) is 12.0. The van der Waals surface area contributed by atoms with Gasteiger partial charge in [-0.2, -0.15) is 4.99 Å². The number of pyridine rings is 2. The highest BCUT2D eigenvalue weighted by Crippen LogP contribution is 2.14. The number of esters is 1. The lowest BCUT2D eigenvalue weighted by molar-refractivity contribution is 0.0523. The molecule has 0 bridgehead atoms. The number of hydrogen-bond acceptors (Lipinski definition) is 6. The Morgan fingerprint density at radius 1 is 1.08 bits per heavy atom. The van der Waals surface area contributed by atoms with E-state index in [9.17, 15) is 14.4 Å². The average Bonchev–Trinajstić information content (AvgIpc) is 2.89. The van der Waals surface area contributed by atoms with Crippen molar-refractivity contribution in [2.45, 2.75) is 53.7 Å². The van der Waals surface area contributed by atoms with Gasteiger partial charge < -0.3 is 14.0 Å². The van der Waals surface area contributed by atoms with E-state index in [2.05, 4.69) is 4.99 Å². The number of carbonyl (C=O) groups excluding carboxylic acids is 2. The maximum Gasteiger partial charge on any atom is 0.341 e. The third-order valence-corrected chi connectivity index (χ3v) is 6.22. The van der Waals surface area contributed by atoms with E-state index in [0.717, 1.165) is 11.1 Å². The molecule has 0 spiro atoms. The Hall–Kier alpha value is -4.11. The fourth-order valence-electron chi connectivity index (χ4n) is 4.15. The number of aromatic nitrogens is 3. The van der Waals surface area contributed by atoms with Crippen LogP contribution in [-0.4, -0.2) is 45.1 Å². The summed E-state index contributed by atoms with van der Waals surface area (Å²) in [6.45, 7) is 10.3. The van der Waals surface area contributed by atoms with E-state index < -0.39 is 11.9 Å². The lowest BCUT2D eigenvalue weighted by Crippen LogP contribution is -2.33. The summed E-state index contributed by atoms with van der Waals surface area (Å²) < 4.78 is 14.1. The minimum atomic E-state index is -0.675. The topological polar surface area (TPSA) is 104 Å². The highest BCUT2D eigenvalue weighted by Gasteiger charge is 2.20. The lowest BCUT2D eigenvalue weighted by Gasteiger charge is -2.16. The number of benzene rings is 1. The molecule has 0 unspecified atom stereocenters. The van der Waals surface area contributed by atoms with Gasteiger partial charge in [0.25, 0.3) is 11.5 Å². The van der Waals surface area contributed by atoms with Crippen molar-refractivity contribution in [2.24, 2.45) is 4.99 Å². The van der Waals surface area contributed by atoms with Crippen LogP contribution in [0.4, 0.5) is 0 Å². The average molecular weight is 517 g/mol. The van der Waals surface area contributed by atoms with Crippen LogP contribution < -0.4 is 11.0 Å². The molecule has 3 aromatic heterocycles. The molecule has 0 saturated heterocycles. The van der Waals surface area contributed by atoms with Crippen molar-refractivity contribution < 1.29 is 19.1 Å². The number of hydrogen-bond donors (Lipinski definition) is 0. The molecule has 0 aliphatic rings. The summed E-state index contributed by atoms with van der Waals surface area (Å²) in [6, 6.07) is 12.0. The molecular formula is C29H32N4O5. The van der Waals surface area contributed by atoms with E-state index in [1.54, 1.807) is 48.0 Å². The minimum absolute atomic E-state index is 0.0242. The summed E-state index contributed by atoms with van der Waals surface area (Å²) in [6.07, 6.45) is 2.21. The van der Waals surface area contributed by atoms with Gasteiger partial charge in [-0.1, -0.05) is 12.1 Å². The zero-order valence-corrected chi connectivity index (χ0v) is 22.4. The molecular weight excluding hydrogens is 484 g/mol. The molecule has 198 valence electrons. The fourth-order valence-corrected chi connectivity index (χ4v) is 4.15. The van der Waals surface area contributed by atoms with Gasteiger partial charge in [-0.3, -0.25) is 14.0 Å². The highest BCUT2D eigenvalue weighted by molar-refractivity contribution is 5.97. The highest BCUT2D eigenvalue weighted by atomic mass is 16.5. The van der Waals surface area contributed by atoms with Gasteiger partial charge in [-0.25, -0.2) is 9.78 Å². The van der Waals surface area contributed by atoms with Crippen LogP contribution in [-0.2, 0) is 16.0 Å². The second-order valence-electron chi connectivity index (χ2n) is 9.33. The molecule has 4 rings (SSSR count). The molecule has 1 aromatic carbocycles. The summed E-state index contributed by atoms with van der Waals surface area (Å²) in [5.74, 6) is -1.19. The first-order valence-electron chi connectivity index (χ1n) is 12.7. The first-order valence-corrected chi connectivity index (χ1v) is 12.7. The number of aryl methyl sites for hydroxylation is 3. The maximum absolute atomic E-state index is 13.5. The summed E-state index contributed by atoms with van der Waals surface area (Å²) in [5.41, 5.74) is 2.94. The van der Waals surface area contributed by atoms with E-state index in [4.69, 9.17) is 14.5 Å². The quantitative estimate of drug-likeness (QED) is 0.199. The number of fused-ring (bicyclic) bond motifs is 2. The van der Waals surface area contributed by atoms with Crippen molar-refractivity contribution in [1.82, 2.24) is 14.0 Å². The first kappa shape index (κ1) is 26.9. The van der Waals surface area contributed by atoms with E-state index in [1.807, 2.05) is 33.8 Å². The van der Waals surface area contributed by atoms with Gasteiger partial charge in [0.15, 0.2) is 5.49 Å². The molecule has 4 aromatic rings. The second kappa shape index (κ2) is 11.5. The number of rotatable bonds is 8. The SMILES string of the molecule is CCOC(=O)c1cc2c(=O)n3ccccc3nc2n(CCCOC(C)C)c1=NC(=O)c1ccc(C)c(C)c1. The Kier molecular flexibility index (Phi) is 8.16. The summed E-state index contributed by atoms with van der Waals surface area (Å²) >= 11 is 0. The smallest absolute Gasteiger partial charge is 0.341 e. The molecule has 0 saturated carbocycles. The van der Waals surface area contributed by atoms with Crippen molar-refractivity contribution >= 4 is 28.6 Å². The molecule has 0 atom stereocenters. The van der Waals surface area contributed by atoms with Crippen LogP contribution in [0, 0.1) is 13.8 Å². The van der Waals surface area contributed by atoms with Crippen molar-refractivity contribution in [1.29, 1.82) is 0 Å². The van der Waals surface area contributed by atoms with Gasteiger partial charge in [0.1, 0.15) is 16.9 Å². The van der Waals surface area contributed by atoms with Crippen LogP contribution in [0.1, 0.15) is 59.0 Å². The third kappa shape index (κ3) is 5.57. The molecule has 3 heterocycles. The Morgan fingerprint density at radius 2 is 1.87 bits per heavy atom. The van der Waals surface area contributed by atoms with E-state index >= 15 is 0 Å². The molecule has 0 N–H and O–H groups in total. The molecule has 0 fully saturated rings. The molecule has 38 heavy (non-hydrogen) atoms. The maximum atomic E-state index is 13.5. The van der Waals surface area contributed by atoms with Gasteiger partial charge in [0, 0.05) is 24.9 Å². The van der Waals surface area contributed by atoms with E-state index in [0.29, 0.717) is 36.4 Å². The number of carbonyl (C=O) groups is 2. The van der Waals surface area contributed by atoms with Crippen molar-refractivity contribution in [3.05, 3.63) is 86.8 Å². The Morgan fingerprint density at radius 3 is 2.58 bits per heavy atom. The summed E-state index contributed by atoms with van der Waals surface area (Å²) in [4.78, 5) is 49.1. The first-order chi connectivity index (χ1) is 18.2. The van der Waals surface area contributed by atoms with Gasteiger partial charge in [-0.05, 0) is 82.5 Å². The van der Waals surface area contributed by atoms with Crippen LogP contribution in [0.2, 0.25) is 0 Å². The van der Waals surface area contributed by atoms with Crippen LogP contribution >= 0.6 is 0 Å². The molecule has 0 radical (unpaired) electrons. The molecule has 0 aliphatic carbocycles. The van der Waals surface area contributed by atoms with E-state index in [1.165, 1.54) is 10.5 Å². The Bertz CT molecular complexity index is 1650. The van der Waals surface area contributed by atoms with Gasteiger partial charge in [0.05, 0.1) is 18.1 Å². The van der Waals surface area contributed by atoms with Gasteiger partial charge in [-0.15, -0.1) is 0 Å². The predicted molar refractivity (Wildman–Crippen MR) is 144 cm³/mol. The third-order valence-electron chi connectivity index (χ3n) is 6.22. The van der Waals surface area contributed by atoms with Crippen LogP contribution in [0.3, 0.4) is 0 Å². The van der Waals surface area contributed by atoms with E-state index in [-0.39, 0.29) is 34.7 Å². The van der Waals surface area contributed by atoms with Gasteiger partial charge >= 0.3 is 5.97 Å². The minimum Gasteiger partial charge on any atom is -0.462 e. The van der Waals surface area contributed by atoms with Crippen LogP contribution in [0.5, 0.6) is 0 Å². The monoisotopic (exact) mass is 516 g/mol. The Labute approximate surface area is 220 Å². The number of amides is 1. The van der Waals surface area contributed by atoms with Gasteiger partial charge in [0.2, 0.25) is 0 Å². The number of ether oxygens (including phenoxy) is 2. The zero-order chi connectivity index (χ0) is 27.4. The van der Waals surface area contributed by atoms with Crippen molar-refractivity contribution in [3.63, 3.8) is 0 Å². The molecule has 0 aliphatic heterocycles. The van der Waals surface area contributed by atoms with Crippen LogP contribution in [0.15, 0.2) is 58.4 Å².